The van der Waals surface area contributed by atoms with Gasteiger partial charge in [0.1, 0.15) is 6.10 Å². The van der Waals surface area contributed by atoms with Crippen LogP contribution in [0.3, 0.4) is 0 Å². The Morgan fingerprint density at radius 1 is 1.44 bits per heavy atom. The number of nitrogens with zero attached hydrogens (tertiary/aromatic N) is 5. The maximum absolute atomic E-state index is 5.93. The average Bonchev–Trinajstić information content (AvgIpc) is 3.30. The molecule has 3 rings (SSSR count). The van der Waals surface area contributed by atoms with Crippen molar-refractivity contribution < 1.29 is 4.74 Å². The predicted octanol–water partition coefficient (Wildman–Crippen LogP) is 1.24. The first kappa shape index (κ1) is 18.2. The molecule has 7 nitrogen and oxygen atoms in total. The van der Waals surface area contributed by atoms with E-state index in [1.807, 2.05) is 31.2 Å². The van der Waals surface area contributed by atoms with Crippen LogP contribution in [0.25, 0.3) is 0 Å². The van der Waals surface area contributed by atoms with Crippen LogP contribution in [0.1, 0.15) is 37.4 Å². The third-order valence-corrected chi connectivity index (χ3v) is 5.37. The Morgan fingerprint density at radius 3 is 2.92 bits per heavy atom. The van der Waals surface area contributed by atoms with Gasteiger partial charge in [0.2, 0.25) is 0 Å². The van der Waals surface area contributed by atoms with E-state index in [1.54, 1.807) is 0 Å². The number of guanidine groups is 1. The molecule has 0 aromatic carbocycles. The Hall–Kier alpha value is -1.60. The summed E-state index contributed by atoms with van der Waals surface area (Å²) in [6.45, 7) is 4.37. The third kappa shape index (κ3) is 4.73. The summed E-state index contributed by atoms with van der Waals surface area (Å²) in [7, 11) is 6.04. The van der Waals surface area contributed by atoms with E-state index < -0.39 is 0 Å². The zero-order valence-corrected chi connectivity index (χ0v) is 15.8. The molecule has 25 heavy (non-hydrogen) atoms. The molecule has 0 spiro atoms. The molecule has 2 aliphatic rings. The summed E-state index contributed by atoms with van der Waals surface area (Å²) in [4.78, 5) is 9.26. The van der Waals surface area contributed by atoms with Crippen LogP contribution >= 0.6 is 0 Å². The highest BCUT2D eigenvalue weighted by atomic mass is 16.5. The fraction of sp³-hybridized carbons (Fsp3) is 0.778. The van der Waals surface area contributed by atoms with E-state index >= 15 is 0 Å². The summed E-state index contributed by atoms with van der Waals surface area (Å²) in [5.74, 6) is 0.969. The van der Waals surface area contributed by atoms with Gasteiger partial charge in [-0.1, -0.05) is 12.8 Å². The van der Waals surface area contributed by atoms with Gasteiger partial charge >= 0.3 is 0 Å². The minimum Gasteiger partial charge on any atom is -0.370 e. The Morgan fingerprint density at radius 2 is 2.24 bits per heavy atom. The topological polar surface area (TPSA) is 57.9 Å². The lowest BCUT2D eigenvalue weighted by atomic mass is 10.1. The number of aliphatic imine (C=N–C) groups is 1. The van der Waals surface area contributed by atoms with Crippen LogP contribution in [0.5, 0.6) is 0 Å². The van der Waals surface area contributed by atoms with Crippen molar-refractivity contribution in [1.29, 1.82) is 0 Å². The van der Waals surface area contributed by atoms with Gasteiger partial charge in [-0.2, -0.15) is 5.10 Å². The number of ether oxygens (including phenoxy) is 1. The van der Waals surface area contributed by atoms with Crippen molar-refractivity contribution in [2.24, 2.45) is 12.0 Å². The molecule has 0 bridgehead atoms. The molecule has 1 aliphatic heterocycles. The summed E-state index contributed by atoms with van der Waals surface area (Å²) >= 11 is 0. The van der Waals surface area contributed by atoms with Crippen LogP contribution in [0.2, 0.25) is 0 Å². The summed E-state index contributed by atoms with van der Waals surface area (Å²) in [6, 6.07) is 0.766. The van der Waals surface area contributed by atoms with Gasteiger partial charge in [0, 0.05) is 51.5 Å². The lowest BCUT2D eigenvalue weighted by Crippen LogP contribution is -2.49. The molecule has 1 aromatic heterocycles. The standard InChI is InChI=1S/C18H32N6O/c1-19-18(20-8-9-22(2)16-6-4-5-7-16)24-10-11-25-17(14-24)15-12-21-23(3)13-15/h12-13,16-17H,4-11,14H2,1-3H3,(H,19,20). The fourth-order valence-electron chi connectivity index (χ4n) is 3.85. The molecule has 0 amide bonds. The van der Waals surface area contributed by atoms with Gasteiger partial charge in [-0.25, -0.2) is 0 Å². The summed E-state index contributed by atoms with van der Waals surface area (Å²) in [5.41, 5.74) is 1.13. The van der Waals surface area contributed by atoms with Crippen molar-refractivity contribution in [1.82, 2.24) is 24.9 Å². The predicted molar refractivity (Wildman–Crippen MR) is 99.7 cm³/mol. The minimum atomic E-state index is 0.0576. The number of rotatable bonds is 5. The number of likely N-dealkylation sites (N-methyl/N-ethyl adjacent to an activating group) is 1. The summed E-state index contributed by atoms with van der Waals surface area (Å²) in [6.07, 6.45) is 9.44. The Labute approximate surface area is 151 Å². The quantitative estimate of drug-likeness (QED) is 0.641. The molecule has 2 fully saturated rings. The van der Waals surface area contributed by atoms with Gasteiger partial charge in [0.05, 0.1) is 19.3 Å². The zero-order chi connectivity index (χ0) is 17.6. The normalized spacial score (nSPS) is 22.8. The lowest BCUT2D eigenvalue weighted by molar-refractivity contribution is -0.00805. The third-order valence-electron chi connectivity index (χ3n) is 5.37. The van der Waals surface area contributed by atoms with Gasteiger partial charge in [-0.15, -0.1) is 0 Å². The molecule has 1 saturated heterocycles. The largest absolute Gasteiger partial charge is 0.370 e. The first-order valence-electron chi connectivity index (χ1n) is 9.43. The molecular formula is C18H32N6O. The molecule has 2 heterocycles. The SMILES string of the molecule is CN=C(NCCN(C)C1CCCC1)N1CCOC(c2cnn(C)c2)C1. The number of hydrogen-bond donors (Lipinski definition) is 1. The molecule has 1 aromatic rings. The Balaban J connectivity index is 1.48. The Bertz CT molecular complexity index is 566. The number of aromatic nitrogens is 2. The van der Waals surface area contributed by atoms with Crippen LogP contribution in [0.4, 0.5) is 0 Å². The maximum Gasteiger partial charge on any atom is 0.193 e. The molecule has 7 heteroatoms. The molecule has 1 N–H and O–H groups in total. The van der Waals surface area contributed by atoms with Crippen LogP contribution in [0.15, 0.2) is 17.4 Å². The Kier molecular flexibility index (Phi) is 6.31. The van der Waals surface area contributed by atoms with Crippen LogP contribution in [-0.2, 0) is 11.8 Å². The molecule has 0 radical (unpaired) electrons. The van der Waals surface area contributed by atoms with Crippen LogP contribution in [-0.4, -0.2) is 78.5 Å². The molecule has 1 saturated carbocycles. The highest BCUT2D eigenvalue weighted by Crippen LogP contribution is 2.22. The van der Waals surface area contributed by atoms with Gasteiger partial charge in [-0.3, -0.25) is 9.67 Å². The van der Waals surface area contributed by atoms with E-state index in [0.717, 1.165) is 43.7 Å². The van der Waals surface area contributed by atoms with E-state index in [9.17, 15) is 0 Å². The van der Waals surface area contributed by atoms with Gasteiger partial charge < -0.3 is 19.9 Å². The number of aryl methyl sites for hydroxylation is 1. The van der Waals surface area contributed by atoms with Crippen molar-refractivity contribution in [2.45, 2.75) is 37.8 Å². The number of hydrogen-bond acceptors (Lipinski definition) is 4. The monoisotopic (exact) mass is 348 g/mol. The second-order valence-corrected chi connectivity index (χ2v) is 7.15. The van der Waals surface area contributed by atoms with E-state index in [1.165, 1.54) is 25.7 Å². The molecule has 1 aliphatic carbocycles. The van der Waals surface area contributed by atoms with Crippen molar-refractivity contribution in [3.63, 3.8) is 0 Å². The van der Waals surface area contributed by atoms with Gasteiger partial charge in [-0.05, 0) is 19.9 Å². The first-order chi connectivity index (χ1) is 12.2. The van der Waals surface area contributed by atoms with Crippen LogP contribution < -0.4 is 5.32 Å². The first-order valence-corrected chi connectivity index (χ1v) is 9.43. The molecular weight excluding hydrogens is 316 g/mol. The van der Waals surface area contributed by atoms with Crippen LogP contribution in [0, 0.1) is 0 Å². The summed E-state index contributed by atoms with van der Waals surface area (Å²) < 4.78 is 7.75. The van der Waals surface area contributed by atoms with Crippen molar-refractivity contribution in [3.8, 4) is 0 Å². The lowest BCUT2D eigenvalue weighted by Gasteiger charge is -2.35. The molecule has 1 unspecified atom stereocenters. The van der Waals surface area contributed by atoms with Crippen molar-refractivity contribution in [3.05, 3.63) is 18.0 Å². The zero-order valence-electron chi connectivity index (χ0n) is 15.8. The van der Waals surface area contributed by atoms with E-state index in [-0.39, 0.29) is 6.10 Å². The van der Waals surface area contributed by atoms with E-state index in [4.69, 9.17) is 4.74 Å². The van der Waals surface area contributed by atoms with Gasteiger partial charge in [0.15, 0.2) is 5.96 Å². The second kappa shape index (κ2) is 8.67. The average molecular weight is 348 g/mol. The maximum atomic E-state index is 5.93. The minimum absolute atomic E-state index is 0.0576. The highest BCUT2D eigenvalue weighted by Gasteiger charge is 2.25. The molecule has 1 atom stereocenters. The molecule has 140 valence electrons. The number of morpholine rings is 1. The second-order valence-electron chi connectivity index (χ2n) is 7.15. The van der Waals surface area contributed by atoms with E-state index in [2.05, 4.69) is 32.3 Å². The van der Waals surface area contributed by atoms with E-state index in [0.29, 0.717) is 6.61 Å². The number of nitrogens with one attached hydrogen (secondary N) is 1. The van der Waals surface area contributed by atoms with Crippen molar-refractivity contribution >= 4 is 5.96 Å². The fourth-order valence-corrected chi connectivity index (χ4v) is 3.85. The summed E-state index contributed by atoms with van der Waals surface area (Å²) in [5, 5.41) is 7.78. The van der Waals surface area contributed by atoms with Gasteiger partial charge in [0.25, 0.3) is 0 Å². The highest BCUT2D eigenvalue weighted by molar-refractivity contribution is 5.80. The smallest absolute Gasteiger partial charge is 0.193 e. The van der Waals surface area contributed by atoms with Crippen molar-refractivity contribution in [2.75, 3.05) is 46.9 Å².